The van der Waals surface area contributed by atoms with Gasteiger partial charge < -0.3 is 15.0 Å². The highest BCUT2D eigenvalue weighted by Crippen LogP contribution is 2.24. The molecule has 28 heavy (non-hydrogen) atoms. The summed E-state index contributed by atoms with van der Waals surface area (Å²) < 4.78 is 19.1. The molecule has 5 nitrogen and oxygen atoms in total. The lowest BCUT2D eigenvalue weighted by atomic mass is 10.1. The maximum Gasteiger partial charge on any atom is 0.261 e. The van der Waals surface area contributed by atoms with Crippen molar-refractivity contribution >= 4 is 35.0 Å². The first-order chi connectivity index (χ1) is 13.4. The number of hydrogen-bond acceptors (Lipinski definition) is 3. The third kappa shape index (κ3) is 5.59. The van der Waals surface area contributed by atoms with Crippen LogP contribution in [0.25, 0.3) is 0 Å². The van der Waals surface area contributed by atoms with Gasteiger partial charge in [0.1, 0.15) is 6.04 Å². The van der Waals surface area contributed by atoms with Crippen LogP contribution >= 0.6 is 23.2 Å². The molecule has 1 atom stereocenters. The molecule has 8 heteroatoms. The Morgan fingerprint density at radius 1 is 1.21 bits per heavy atom. The van der Waals surface area contributed by atoms with Crippen molar-refractivity contribution in [1.29, 1.82) is 0 Å². The Hall–Kier alpha value is -2.31. The quantitative estimate of drug-likeness (QED) is 0.691. The molecule has 0 aliphatic carbocycles. The van der Waals surface area contributed by atoms with Crippen LogP contribution in [0.5, 0.6) is 5.75 Å². The molecule has 0 heterocycles. The van der Waals surface area contributed by atoms with Crippen LogP contribution in [0.3, 0.4) is 0 Å². The van der Waals surface area contributed by atoms with Gasteiger partial charge in [-0.2, -0.15) is 0 Å². The molecule has 2 amide bonds. The van der Waals surface area contributed by atoms with Gasteiger partial charge in [-0.15, -0.1) is 0 Å². The standard InChI is InChI=1S/C20H21Cl2FN2O3/c1-3-17(20(27)24-2)25(11-13-8-9-14(21)10-15(13)22)19(26)12-28-18-7-5-4-6-16(18)23/h4-10,17H,3,11-12H2,1-2H3,(H,24,27). The summed E-state index contributed by atoms with van der Waals surface area (Å²) in [5, 5.41) is 3.40. The first kappa shape index (κ1) is 22.0. The van der Waals surface area contributed by atoms with Crippen LogP contribution in [0, 0.1) is 5.82 Å². The number of carbonyl (C=O) groups is 2. The van der Waals surface area contributed by atoms with Crippen molar-refractivity contribution in [2.45, 2.75) is 25.9 Å². The number of rotatable bonds is 8. The van der Waals surface area contributed by atoms with E-state index in [9.17, 15) is 14.0 Å². The van der Waals surface area contributed by atoms with E-state index >= 15 is 0 Å². The molecule has 2 aromatic carbocycles. The maximum absolute atomic E-state index is 13.7. The molecule has 0 bridgehead atoms. The number of nitrogens with one attached hydrogen (secondary N) is 1. The number of benzene rings is 2. The molecule has 1 unspecified atom stereocenters. The zero-order valence-electron chi connectivity index (χ0n) is 15.5. The number of ether oxygens (including phenoxy) is 1. The van der Waals surface area contributed by atoms with Gasteiger partial charge >= 0.3 is 0 Å². The minimum Gasteiger partial charge on any atom is -0.481 e. The number of halogens is 3. The fourth-order valence-electron chi connectivity index (χ4n) is 2.70. The van der Waals surface area contributed by atoms with E-state index in [4.69, 9.17) is 27.9 Å². The van der Waals surface area contributed by atoms with Gasteiger partial charge in [0.25, 0.3) is 5.91 Å². The van der Waals surface area contributed by atoms with E-state index in [0.29, 0.717) is 22.0 Å². The molecule has 0 saturated heterocycles. The highest BCUT2D eigenvalue weighted by molar-refractivity contribution is 6.35. The topological polar surface area (TPSA) is 58.6 Å². The van der Waals surface area contributed by atoms with Gasteiger partial charge in [-0.05, 0) is 36.2 Å². The van der Waals surface area contributed by atoms with E-state index in [1.807, 2.05) is 0 Å². The molecule has 2 rings (SSSR count). The smallest absolute Gasteiger partial charge is 0.261 e. The number of para-hydroxylation sites is 1. The van der Waals surface area contributed by atoms with E-state index in [1.165, 1.54) is 30.1 Å². The zero-order chi connectivity index (χ0) is 20.7. The van der Waals surface area contributed by atoms with Gasteiger partial charge in [0, 0.05) is 23.6 Å². The maximum atomic E-state index is 13.7. The summed E-state index contributed by atoms with van der Waals surface area (Å²) in [4.78, 5) is 26.5. The van der Waals surface area contributed by atoms with Crippen molar-refractivity contribution in [3.63, 3.8) is 0 Å². The number of likely N-dealkylation sites (N-methyl/N-ethyl adjacent to an activating group) is 1. The van der Waals surface area contributed by atoms with Gasteiger partial charge in [-0.1, -0.05) is 48.3 Å². The highest BCUT2D eigenvalue weighted by atomic mass is 35.5. The molecule has 0 radical (unpaired) electrons. The summed E-state index contributed by atoms with van der Waals surface area (Å²) in [6, 6.07) is 9.99. The summed E-state index contributed by atoms with van der Waals surface area (Å²) in [5.74, 6) is -1.38. The molecule has 150 valence electrons. The first-order valence-electron chi connectivity index (χ1n) is 8.69. The number of carbonyl (C=O) groups excluding carboxylic acids is 2. The minimum atomic E-state index is -0.728. The van der Waals surface area contributed by atoms with Crippen molar-refractivity contribution in [2.75, 3.05) is 13.7 Å². The summed E-state index contributed by atoms with van der Waals surface area (Å²) >= 11 is 12.2. The minimum absolute atomic E-state index is 0.0340. The first-order valence-corrected chi connectivity index (χ1v) is 9.45. The van der Waals surface area contributed by atoms with Crippen LogP contribution in [-0.4, -0.2) is 36.4 Å². The van der Waals surface area contributed by atoms with E-state index in [1.54, 1.807) is 31.2 Å². The predicted octanol–water partition coefficient (Wildman–Crippen LogP) is 4.06. The molecule has 0 aromatic heterocycles. The Bertz CT molecular complexity index is 848. The van der Waals surface area contributed by atoms with Gasteiger partial charge in [0.15, 0.2) is 18.2 Å². The van der Waals surface area contributed by atoms with Crippen LogP contribution in [0.1, 0.15) is 18.9 Å². The predicted molar refractivity (Wildman–Crippen MR) is 107 cm³/mol. The lowest BCUT2D eigenvalue weighted by molar-refractivity contribution is -0.142. The van der Waals surface area contributed by atoms with Crippen molar-refractivity contribution in [1.82, 2.24) is 10.2 Å². The second-order valence-corrected chi connectivity index (χ2v) is 6.86. The normalized spacial score (nSPS) is 11.6. The molecular formula is C20H21Cl2FN2O3. The molecule has 1 N–H and O–H groups in total. The summed E-state index contributed by atoms with van der Waals surface area (Å²) in [5.41, 5.74) is 0.632. The largest absolute Gasteiger partial charge is 0.481 e. The van der Waals surface area contributed by atoms with Crippen molar-refractivity contribution in [3.05, 3.63) is 63.9 Å². The van der Waals surface area contributed by atoms with Gasteiger partial charge in [-0.25, -0.2) is 4.39 Å². The molecule has 0 aliphatic rings. The average Bonchev–Trinajstić information content (AvgIpc) is 2.68. The molecule has 0 saturated carbocycles. The third-order valence-corrected chi connectivity index (χ3v) is 4.76. The number of nitrogens with zero attached hydrogens (tertiary/aromatic N) is 1. The second-order valence-electron chi connectivity index (χ2n) is 6.01. The lowest BCUT2D eigenvalue weighted by Crippen LogP contribution is -2.49. The molecular weight excluding hydrogens is 406 g/mol. The Balaban J connectivity index is 2.24. The van der Waals surface area contributed by atoms with E-state index in [-0.39, 0.29) is 18.2 Å². The Labute approximate surface area is 173 Å². The Morgan fingerprint density at radius 3 is 2.54 bits per heavy atom. The molecule has 0 fully saturated rings. The summed E-state index contributed by atoms with van der Waals surface area (Å²) in [6.07, 6.45) is 0.385. The average molecular weight is 427 g/mol. The van der Waals surface area contributed by atoms with Crippen LogP contribution in [0.15, 0.2) is 42.5 Å². The molecule has 0 spiro atoms. The lowest BCUT2D eigenvalue weighted by Gasteiger charge is -2.30. The molecule has 0 aliphatic heterocycles. The third-order valence-electron chi connectivity index (χ3n) is 4.18. The Kier molecular flexibility index (Phi) is 8.08. The fourth-order valence-corrected chi connectivity index (χ4v) is 3.17. The Morgan fingerprint density at radius 2 is 1.93 bits per heavy atom. The van der Waals surface area contributed by atoms with Crippen molar-refractivity contribution in [3.8, 4) is 5.75 Å². The van der Waals surface area contributed by atoms with Gasteiger partial charge in [-0.3, -0.25) is 9.59 Å². The molecule has 2 aromatic rings. The van der Waals surface area contributed by atoms with E-state index < -0.39 is 24.4 Å². The second kappa shape index (κ2) is 10.3. The SMILES string of the molecule is CCC(C(=O)NC)N(Cc1ccc(Cl)cc1Cl)C(=O)COc1ccccc1F. The highest BCUT2D eigenvalue weighted by Gasteiger charge is 2.29. The number of amides is 2. The monoisotopic (exact) mass is 426 g/mol. The van der Waals surface area contributed by atoms with Crippen LogP contribution in [0.2, 0.25) is 10.0 Å². The van der Waals surface area contributed by atoms with Crippen LogP contribution < -0.4 is 10.1 Å². The van der Waals surface area contributed by atoms with Gasteiger partial charge in [0.05, 0.1) is 0 Å². The van der Waals surface area contributed by atoms with Crippen molar-refractivity contribution < 1.29 is 18.7 Å². The fraction of sp³-hybridized carbons (Fsp3) is 0.300. The van der Waals surface area contributed by atoms with Gasteiger partial charge in [0.2, 0.25) is 5.91 Å². The van der Waals surface area contributed by atoms with Crippen molar-refractivity contribution in [2.24, 2.45) is 0 Å². The zero-order valence-corrected chi connectivity index (χ0v) is 17.1. The summed E-state index contributed by atoms with van der Waals surface area (Å²) in [7, 11) is 1.50. The van der Waals surface area contributed by atoms with E-state index in [0.717, 1.165) is 0 Å². The van der Waals surface area contributed by atoms with Crippen LogP contribution in [0.4, 0.5) is 4.39 Å². The summed E-state index contributed by atoms with van der Waals surface area (Å²) in [6.45, 7) is 1.46. The van der Waals surface area contributed by atoms with E-state index in [2.05, 4.69) is 5.32 Å². The number of hydrogen-bond donors (Lipinski definition) is 1. The van der Waals surface area contributed by atoms with Crippen LogP contribution in [-0.2, 0) is 16.1 Å².